The third kappa shape index (κ3) is 2.55. The summed E-state index contributed by atoms with van der Waals surface area (Å²) in [5.74, 6) is 1.47. The largest absolute Gasteiger partial charge is 0.493 e. The van der Waals surface area contributed by atoms with Gasteiger partial charge in [-0.1, -0.05) is 15.9 Å². The Morgan fingerprint density at radius 2 is 2.00 bits per heavy atom. The van der Waals surface area contributed by atoms with Gasteiger partial charge in [-0.25, -0.2) is 0 Å². The van der Waals surface area contributed by atoms with Gasteiger partial charge in [-0.15, -0.1) is 0 Å². The lowest BCUT2D eigenvalue weighted by Gasteiger charge is -2.15. The summed E-state index contributed by atoms with van der Waals surface area (Å²) >= 11 is 3.44. The minimum Gasteiger partial charge on any atom is -0.493 e. The maximum atomic E-state index is 11.2. The second-order valence-corrected chi connectivity index (χ2v) is 4.43. The minimum absolute atomic E-state index is 0.121. The Kier molecular flexibility index (Phi) is 4.35. The van der Waals surface area contributed by atoms with Crippen molar-refractivity contribution in [2.45, 2.75) is 20.3 Å². The number of benzene rings is 1. The van der Waals surface area contributed by atoms with Gasteiger partial charge in [0.25, 0.3) is 0 Å². The third-order valence-corrected chi connectivity index (χ3v) is 3.12. The van der Waals surface area contributed by atoms with Crippen LogP contribution in [0.2, 0.25) is 0 Å². The molecule has 0 aliphatic carbocycles. The third-order valence-electron chi connectivity index (χ3n) is 2.41. The zero-order chi connectivity index (χ0) is 12.3. The average molecular weight is 287 g/mol. The van der Waals surface area contributed by atoms with Crippen LogP contribution < -0.4 is 9.47 Å². The molecule has 0 aliphatic rings. The van der Waals surface area contributed by atoms with E-state index in [-0.39, 0.29) is 5.78 Å². The van der Waals surface area contributed by atoms with Crippen molar-refractivity contribution in [3.63, 3.8) is 0 Å². The van der Waals surface area contributed by atoms with Crippen LogP contribution in [0.5, 0.6) is 11.5 Å². The molecule has 4 heteroatoms. The normalized spacial score (nSPS) is 10.1. The molecule has 1 rings (SSSR count). The first-order valence-corrected chi connectivity index (χ1v) is 5.70. The Balaban J connectivity index is 3.34. The SMILES string of the molecule is COc1cc(Br)c(CC(C)=O)c(C)c1OC. The lowest BCUT2D eigenvalue weighted by Crippen LogP contribution is -2.03. The molecule has 1 aromatic carbocycles. The van der Waals surface area contributed by atoms with Gasteiger partial charge in [0.05, 0.1) is 14.2 Å². The maximum absolute atomic E-state index is 11.2. The van der Waals surface area contributed by atoms with Crippen molar-refractivity contribution in [2.24, 2.45) is 0 Å². The number of halogens is 1. The molecule has 1 aromatic rings. The number of hydrogen-bond donors (Lipinski definition) is 0. The van der Waals surface area contributed by atoms with E-state index in [1.165, 1.54) is 0 Å². The first-order chi connectivity index (χ1) is 7.51. The Morgan fingerprint density at radius 1 is 1.38 bits per heavy atom. The van der Waals surface area contributed by atoms with Crippen LogP contribution in [0.1, 0.15) is 18.1 Å². The first kappa shape index (κ1) is 13.0. The molecule has 0 amide bonds. The quantitative estimate of drug-likeness (QED) is 0.854. The molecule has 0 heterocycles. The molecule has 3 nitrogen and oxygen atoms in total. The number of hydrogen-bond acceptors (Lipinski definition) is 3. The van der Waals surface area contributed by atoms with E-state index in [0.717, 1.165) is 15.6 Å². The van der Waals surface area contributed by atoms with Crippen LogP contribution in [0.25, 0.3) is 0 Å². The lowest BCUT2D eigenvalue weighted by molar-refractivity contribution is -0.116. The lowest BCUT2D eigenvalue weighted by atomic mass is 10.0. The molecule has 0 aliphatic heterocycles. The molecule has 0 spiro atoms. The Labute approximate surface area is 104 Å². The predicted molar refractivity (Wildman–Crippen MR) is 66.4 cm³/mol. The van der Waals surface area contributed by atoms with Crippen molar-refractivity contribution in [3.05, 3.63) is 21.7 Å². The highest BCUT2D eigenvalue weighted by atomic mass is 79.9. The van der Waals surface area contributed by atoms with Crippen LogP contribution in [0.3, 0.4) is 0 Å². The molecule has 0 atom stereocenters. The van der Waals surface area contributed by atoms with Gasteiger partial charge in [0.1, 0.15) is 5.78 Å². The topological polar surface area (TPSA) is 35.5 Å². The van der Waals surface area contributed by atoms with Crippen LogP contribution in [0, 0.1) is 6.92 Å². The molecule has 0 saturated heterocycles. The fraction of sp³-hybridized carbons (Fsp3) is 0.417. The van der Waals surface area contributed by atoms with Gasteiger partial charge < -0.3 is 9.47 Å². The molecule has 0 bridgehead atoms. The van der Waals surface area contributed by atoms with Crippen molar-refractivity contribution in [1.82, 2.24) is 0 Å². The maximum Gasteiger partial charge on any atom is 0.163 e. The molecule has 88 valence electrons. The van der Waals surface area contributed by atoms with Crippen molar-refractivity contribution >= 4 is 21.7 Å². The number of methoxy groups -OCH3 is 2. The minimum atomic E-state index is 0.121. The van der Waals surface area contributed by atoms with E-state index < -0.39 is 0 Å². The van der Waals surface area contributed by atoms with E-state index in [0.29, 0.717) is 17.9 Å². The fourth-order valence-corrected chi connectivity index (χ4v) is 2.29. The molecular formula is C12H15BrO3. The number of carbonyl (C=O) groups is 1. The van der Waals surface area contributed by atoms with Gasteiger partial charge in [0, 0.05) is 10.9 Å². The van der Waals surface area contributed by atoms with Crippen molar-refractivity contribution in [1.29, 1.82) is 0 Å². The summed E-state index contributed by atoms with van der Waals surface area (Å²) in [5.41, 5.74) is 1.88. The molecule has 0 fully saturated rings. The van der Waals surface area contributed by atoms with Crippen LogP contribution in [-0.2, 0) is 11.2 Å². The summed E-state index contributed by atoms with van der Waals surface area (Å²) in [6.07, 6.45) is 0.396. The molecule has 0 N–H and O–H groups in total. The van der Waals surface area contributed by atoms with E-state index in [1.54, 1.807) is 21.1 Å². The number of rotatable bonds is 4. The van der Waals surface area contributed by atoms with Crippen molar-refractivity contribution in [2.75, 3.05) is 14.2 Å². The van der Waals surface area contributed by atoms with Gasteiger partial charge in [0.15, 0.2) is 11.5 Å². The van der Waals surface area contributed by atoms with Crippen LogP contribution in [-0.4, -0.2) is 20.0 Å². The molecule has 0 saturated carbocycles. The van der Waals surface area contributed by atoms with E-state index >= 15 is 0 Å². The van der Waals surface area contributed by atoms with Gasteiger partial charge in [-0.05, 0) is 31.0 Å². The smallest absolute Gasteiger partial charge is 0.163 e. The predicted octanol–water partition coefficient (Wildman–Crippen LogP) is 2.91. The zero-order valence-electron chi connectivity index (χ0n) is 9.89. The summed E-state index contributed by atoms with van der Waals surface area (Å²) in [6.45, 7) is 3.49. The van der Waals surface area contributed by atoms with Crippen molar-refractivity contribution in [3.8, 4) is 11.5 Å². The molecule has 0 aromatic heterocycles. The molecular weight excluding hydrogens is 272 g/mol. The zero-order valence-corrected chi connectivity index (χ0v) is 11.5. The van der Waals surface area contributed by atoms with Crippen LogP contribution in [0.15, 0.2) is 10.5 Å². The van der Waals surface area contributed by atoms with E-state index in [1.807, 2.05) is 13.0 Å². The summed E-state index contributed by atoms with van der Waals surface area (Å²) in [7, 11) is 3.19. The fourth-order valence-electron chi connectivity index (χ4n) is 1.64. The highest BCUT2D eigenvalue weighted by Gasteiger charge is 2.16. The molecule has 16 heavy (non-hydrogen) atoms. The van der Waals surface area contributed by atoms with Crippen molar-refractivity contribution < 1.29 is 14.3 Å². The highest BCUT2D eigenvalue weighted by Crippen LogP contribution is 2.37. The Bertz CT molecular complexity index is 413. The van der Waals surface area contributed by atoms with Gasteiger partial charge in [-0.2, -0.15) is 0 Å². The standard InChI is InChI=1S/C12H15BrO3/c1-7(14)5-9-8(2)12(16-4)11(15-3)6-10(9)13/h6H,5H2,1-4H3. The van der Waals surface area contributed by atoms with E-state index in [4.69, 9.17) is 9.47 Å². The van der Waals surface area contributed by atoms with Crippen LogP contribution >= 0.6 is 15.9 Å². The summed E-state index contributed by atoms with van der Waals surface area (Å²) < 4.78 is 11.4. The monoisotopic (exact) mass is 286 g/mol. The van der Waals surface area contributed by atoms with Crippen LogP contribution in [0.4, 0.5) is 0 Å². The van der Waals surface area contributed by atoms with E-state index in [9.17, 15) is 4.79 Å². The second-order valence-electron chi connectivity index (χ2n) is 3.58. The summed E-state index contributed by atoms with van der Waals surface area (Å²) in [6, 6.07) is 1.82. The summed E-state index contributed by atoms with van der Waals surface area (Å²) in [4.78, 5) is 11.2. The summed E-state index contributed by atoms with van der Waals surface area (Å²) in [5, 5.41) is 0. The molecule has 0 radical (unpaired) electrons. The highest BCUT2D eigenvalue weighted by molar-refractivity contribution is 9.10. The number of carbonyl (C=O) groups excluding carboxylic acids is 1. The van der Waals surface area contributed by atoms with Gasteiger partial charge in [-0.3, -0.25) is 4.79 Å². The molecule has 0 unspecified atom stereocenters. The second kappa shape index (κ2) is 5.34. The number of ether oxygens (including phenoxy) is 2. The number of ketones is 1. The van der Waals surface area contributed by atoms with Gasteiger partial charge in [0.2, 0.25) is 0 Å². The van der Waals surface area contributed by atoms with Gasteiger partial charge >= 0.3 is 0 Å². The van der Waals surface area contributed by atoms with E-state index in [2.05, 4.69) is 15.9 Å². The average Bonchev–Trinajstić information content (AvgIpc) is 2.23. The Morgan fingerprint density at radius 3 is 2.44 bits per heavy atom. The Hall–Kier alpha value is -1.03. The first-order valence-electron chi connectivity index (χ1n) is 4.90. The number of Topliss-reactive ketones (excluding diaryl/α,β-unsaturated/α-hetero) is 1.